The maximum absolute atomic E-state index is 13.9. The molecule has 1 aliphatic heterocycles. The number of amides is 2. The molecule has 0 spiro atoms. The van der Waals surface area contributed by atoms with Crippen LogP contribution in [-0.2, 0) is 32.6 Å². The lowest BCUT2D eigenvalue weighted by molar-refractivity contribution is -0.141. The summed E-state index contributed by atoms with van der Waals surface area (Å²) < 4.78 is 32.6. The number of rotatable bonds is 14. The number of carbonyl (C=O) groups is 2. The molecule has 1 atom stereocenters. The summed E-state index contributed by atoms with van der Waals surface area (Å²) in [6, 6.07) is 22.8. The molecule has 1 heterocycles. The number of nitrogens with one attached hydrogen (secondary N) is 1. The first-order valence-electron chi connectivity index (χ1n) is 14.7. The minimum Gasteiger partial charge on any atom is -0.497 e. The molecule has 3 aromatic rings. The fourth-order valence-corrected chi connectivity index (χ4v) is 6.66. The van der Waals surface area contributed by atoms with Crippen molar-refractivity contribution in [1.82, 2.24) is 14.5 Å². The molecule has 224 valence electrons. The molecule has 42 heavy (non-hydrogen) atoms. The number of hydrogen-bond donors (Lipinski definition) is 1. The van der Waals surface area contributed by atoms with Crippen LogP contribution in [0.2, 0.25) is 0 Å². The number of nitrogens with zero attached hydrogens (tertiary/aromatic N) is 2. The molecule has 1 fully saturated rings. The van der Waals surface area contributed by atoms with Crippen molar-refractivity contribution in [2.45, 2.75) is 62.9 Å². The highest BCUT2D eigenvalue weighted by Gasteiger charge is 2.31. The Hall–Kier alpha value is -3.69. The second-order valence-corrected chi connectivity index (χ2v) is 12.5. The Balaban J connectivity index is 1.56. The van der Waals surface area contributed by atoms with E-state index in [4.69, 9.17) is 4.74 Å². The van der Waals surface area contributed by atoms with E-state index in [1.165, 1.54) is 4.31 Å². The summed E-state index contributed by atoms with van der Waals surface area (Å²) in [4.78, 5) is 29.4. The predicted molar refractivity (Wildman–Crippen MR) is 163 cm³/mol. The van der Waals surface area contributed by atoms with Crippen LogP contribution in [0.5, 0.6) is 5.75 Å². The molecule has 0 aliphatic carbocycles. The maximum Gasteiger partial charge on any atom is 0.247 e. The highest BCUT2D eigenvalue weighted by Crippen LogP contribution is 2.26. The highest BCUT2D eigenvalue weighted by molar-refractivity contribution is 7.89. The van der Waals surface area contributed by atoms with Crippen molar-refractivity contribution in [3.8, 4) is 5.75 Å². The molecule has 4 rings (SSSR count). The highest BCUT2D eigenvalue weighted by atomic mass is 32.2. The Labute approximate surface area is 249 Å². The van der Waals surface area contributed by atoms with Gasteiger partial charge in [0.1, 0.15) is 11.8 Å². The summed E-state index contributed by atoms with van der Waals surface area (Å²) in [5.41, 5.74) is 2.48. The normalized spacial score (nSPS) is 14.3. The number of ether oxygens (including phenoxy) is 1. The van der Waals surface area contributed by atoms with Gasteiger partial charge in [-0.3, -0.25) is 9.59 Å². The van der Waals surface area contributed by atoms with Gasteiger partial charge in [-0.1, -0.05) is 67.9 Å². The molecule has 1 saturated heterocycles. The Morgan fingerprint density at radius 2 is 1.57 bits per heavy atom. The molecule has 0 unspecified atom stereocenters. The second-order valence-electron chi connectivity index (χ2n) is 10.6. The Bertz CT molecular complexity index is 1400. The fourth-order valence-electron chi connectivity index (χ4n) is 5.14. The number of carbonyl (C=O) groups excluding carboxylic acids is 2. The van der Waals surface area contributed by atoms with E-state index in [1.807, 2.05) is 54.6 Å². The first-order chi connectivity index (χ1) is 20.3. The van der Waals surface area contributed by atoms with Gasteiger partial charge in [-0.15, -0.1) is 0 Å². The van der Waals surface area contributed by atoms with Gasteiger partial charge >= 0.3 is 0 Å². The van der Waals surface area contributed by atoms with E-state index < -0.39 is 16.1 Å². The van der Waals surface area contributed by atoms with Crippen molar-refractivity contribution >= 4 is 21.8 Å². The Kier molecular flexibility index (Phi) is 11.1. The smallest absolute Gasteiger partial charge is 0.247 e. The minimum atomic E-state index is -3.50. The van der Waals surface area contributed by atoms with Gasteiger partial charge in [0.15, 0.2) is 0 Å². The molecular weight excluding hydrogens is 550 g/mol. The minimum absolute atomic E-state index is 0.167. The van der Waals surface area contributed by atoms with Crippen molar-refractivity contribution in [3.05, 3.63) is 95.6 Å². The lowest BCUT2D eigenvalue weighted by atomic mass is 10.0. The summed E-state index contributed by atoms with van der Waals surface area (Å²) >= 11 is 0. The fraction of sp³-hybridized carbons (Fsp3) is 0.394. The van der Waals surface area contributed by atoms with Crippen LogP contribution in [0.1, 0.15) is 61.8 Å². The standard InChI is InChI=1S/C33H41N3O5S/c1-3-4-22-34-33(38)32(28-10-6-5-7-11-28)36(25-27-12-17-29(41-2)18-13-27)31(37)21-16-26-14-19-30(20-15-26)42(39,40)35-23-8-9-24-35/h5-7,10-15,17-20,32H,3-4,8-9,16,21-25H2,1-2H3,(H,34,38)/t32-/m0/s1. The zero-order valence-electron chi connectivity index (χ0n) is 24.5. The van der Waals surface area contributed by atoms with Crippen LogP contribution in [0.15, 0.2) is 83.8 Å². The third kappa shape index (κ3) is 7.98. The third-order valence-corrected chi connectivity index (χ3v) is 9.50. The molecule has 8 nitrogen and oxygen atoms in total. The summed E-state index contributed by atoms with van der Waals surface area (Å²) in [5.74, 6) is 0.329. The predicted octanol–water partition coefficient (Wildman–Crippen LogP) is 5.10. The van der Waals surface area contributed by atoms with Gasteiger partial charge in [0, 0.05) is 32.6 Å². The number of aryl methyl sites for hydroxylation is 1. The van der Waals surface area contributed by atoms with Gasteiger partial charge < -0.3 is 15.0 Å². The van der Waals surface area contributed by atoms with Gasteiger partial charge in [0.2, 0.25) is 21.8 Å². The Morgan fingerprint density at radius 3 is 2.19 bits per heavy atom. The molecule has 2 amide bonds. The van der Waals surface area contributed by atoms with Gasteiger partial charge in [0.05, 0.1) is 12.0 Å². The topological polar surface area (TPSA) is 96.0 Å². The van der Waals surface area contributed by atoms with Crippen molar-refractivity contribution < 1.29 is 22.7 Å². The molecule has 9 heteroatoms. The first-order valence-corrected chi connectivity index (χ1v) is 16.1. The third-order valence-electron chi connectivity index (χ3n) is 7.59. The van der Waals surface area contributed by atoms with Gasteiger partial charge in [0.25, 0.3) is 0 Å². The monoisotopic (exact) mass is 591 g/mol. The van der Waals surface area contributed by atoms with E-state index in [0.29, 0.717) is 31.8 Å². The quantitative estimate of drug-likeness (QED) is 0.263. The van der Waals surface area contributed by atoms with Gasteiger partial charge in [-0.2, -0.15) is 4.31 Å². The van der Waals surface area contributed by atoms with Crippen LogP contribution in [0.3, 0.4) is 0 Å². The molecule has 1 aliphatic rings. The lowest BCUT2D eigenvalue weighted by Gasteiger charge is -2.32. The van der Waals surface area contributed by atoms with Crippen LogP contribution in [0.4, 0.5) is 0 Å². The van der Waals surface area contributed by atoms with Crippen molar-refractivity contribution in [2.24, 2.45) is 0 Å². The zero-order chi connectivity index (χ0) is 30.0. The summed E-state index contributed by atoms with van der Waals surface area (Å²) in [6.45, 7) is 3.95. The molecule has 0 bridgehead atoms. The van der Waals surface area contributed by atoms with Crippen LogP contribution in [0, 0.1) is 0 Å². The van der Waals surface area contributed by atoms with Crippen LogP contribution in [0.25, 0.3) is 0 Å². The average Bonchev–Trinajstić information content (AvgIpc) is 3.57. The zero-order valence-corrected chi connectivity index (χ0v) is 25.3. The van der Waals surface area contributed by atoms with Gasteiger partial charge in [-0.05, 0) is 66.6 Å². The van der Waals surface area contributed by atoms with E-state index in [-0.39, 0.29) is 29.7 Å². The van der Waals surface area contributed by atoms with E-state index in [9.17, 15) is 18.0 Å². The van der Waals surface area contributed by atoms with Crippen molar-refractivity contribution in [2.75, 3.05) is 26.7 Å². The first kappa shape index (κ1) is 31.3. The van der Waals surface area contributed by atoms with Crippen LogP contribution in [-0.4, -0.2) is 56.2 Å². The molecule has 0 saturated carbocycles. The summed E-state index contributed by atoms with van der Waals surface area (Å²) in [7, 11) is -1.89. The van der Waals surface area contributed by atoms with Crippen LogP contribution < -0.4 is 10.1 Å². The Morgan fingerprint density at radius 1 is 0.929 bits per heavy atom. The summed E-state index contributed by atoms with van der Waals surface area (Å²) in [6.07, 6.45) is 4.15. The van der Waals surface area contributed by atoms with Gasteiger partial charge in [-0.25, -0.2) is 8.42 Å². The number of sulfonamides is 1. The van der Waals surface area contributed by atoms with E-state index >= 15 is 0 Å². The summed E-state index contributed by atoms with van der Waals surface area (Å²) in [5, 5.41) is 3.03. The number of unbranched alkanes of at least 4 members (excludes halogenated alkanes) is 1. The molecule has 0 radical (unpaired) electrons. The van der Waals surface area contributed by atoms with E-state index in [2.05, 4.69) is 12.2 Å². The largest absolute Gasteiger partial charge is 0.497 e. The van der Waals surface area contributed by atoms with Crippen molar-refractivity contribution in [1.29, 1.82) is 0 Å². The molecule has 1 N–H and O–H groups in total. The van der Waals surface area contributed by atoms with E-state index in [0.717, 1.165) is 42.4 Å². The maximum atomic E-state index is 13.9. The van der Waals surface area contributed by atoms with Crippen LogP contribution >= 0.6 is 0 Å². The second kappa shape index (κ2) is 15.0. The van der Waals surface area contributed by atoms with Crippen molar-refractivity contribution in [3.63, 3.8) is 0 Å². The molecule has 0 aromatic heterocycles. The number of methoxy groups -OCH3 is 1. The number of hydrogen-bond acceptors (Lipinski definition) is 5. The number of benzene rings is 3. The molecular formula is C33H41N3O5S. The SMILES string of the molecule is CCCCNC(=O)[C@H](c1ccccc1)N(Cc1ccc(OC)cc1)C(=O)CCc1ccc(S(=O)(=O)N2CCCC2)cc1. The van der Waals surface area contributed by atoms with E-state index in [1.54, 1.807) is 36.3 Å². The average molecular weight is 592 g/mol. The lowest BCUT2D eigenvalue weighted by Crippen LogP contribution is -2.43. The molecule has 3 aromatic carbocycles.